The lowest BCUT2D eigenvalue weighted by molar-refractivity contribution is -0.116. The van der Waals surface area contributed by atoms with E-state index in [4.69, 9.17) is 0 Å². The van der Waals surface area contributed by atoms with Crippen molar-refractivity contribution in [2.24, 2.45) is 0 Å². The summed E-state index contributed by atoms with van der Waals surface area (Å²) in [5.41, 5.74) is 1.36. The number of benzene rings is 1. The maximum absolute atomic E-state index is 12.3. The van der Waals surface area contributed by atoms with Crippen molar-refractivity contribution in [3.05, 3.63) is 42.0 Å². The van der Waals surface area contributed by atoms with E-state index in [2.05, 4.69) is 20.0 Å². The SMILES string of the molecule is CC1C(=O)Nc2ccc(S(=O)(=O)NCc3ncc[nH]3)cc21. The van der Waals surface area contributed by atoms with Crippen molar-refractivity contribution in [2.45, 2.75) is 24.3 Å². The van der Waals surface area contributed by atoms with Crippen molar-refractivity contribution in [3.8, 4) is 0 Å². The lowest BCUT2D eigenvalue weighted by Crippen LogP contribution is -2.23. The van der Waals surface area contributed by atoms with Gasteiger partial charge in [-0.15, -0.1) is 0 Å². The Morgan fingerprint density at radius 2 is 2.19 bits per heavy atom. The molecule has 1 amide bonds. The van der Waals surface area contributed by atoms with Crippen LogP contribution in [0.1, 0.15) is 24.2 Å². The first-order valence-electron chi connectivity index (χ1n) is 6.40. The number of carbonyl (C=O) groups is 1. The largest absolute Gasteiger partial charge is 0.347 e. The highest BCUT2D eigenvalue weighted by atomic mass is 32.2. The highest BCUT2D eigenvalue weighted by Gasteiger charge is 2.28. The molecule has 0 fully saturated rings. The van der Waals surface area contributed by atoms with Crippen LogP contribution in [-0.2, 0) is 21.4 Å². The number of amides is 1. The molecule has 2 aromatic rings. The standard InChI is InChI=1S/C13H14N4O3S/c1-8-10-6-9(2-3-11(10)17-13(8)18)21(19,20)16-7-12-14-4-5-15-12/h2-6,8,16H,7H2,1H3,(H,14,15)(H,17,18). The predicted molar refractivity (Wildman–Crippen MR) is 76.1 cm³/mol. The van der Waals surface area contributed by atoms with Crippen LogP contribution in [0.4, 0.5) is 5.69 Å². The molecule has 7 nitrogen and oxygen atoms in total. The number of imidazole rings is 1. The number of rotatable bonds is 4. The summed E-state index contributed by atoms with van der Waals surface area (Å²) >= 11 is 0. The molecule has 1 aromatic heterocycles. The van der Waals surface area contributed by atoms with Gasteiger partial charge >= 0.3 is 0 Å². The maximum atomic E-state index is 12.3. The van der Waals surface area contributed by atoms with Crippen molar-refractivity contribution in [3.63, 3.8) is 0 Å². The van der Waals surface area contributed by atoms with Crippen LogP contribution in [0.5, 0.6) is 0 Å². The Morgan fingerprint density at radius 1 is 1.38 bits per heavy atom. The second kappa shape index (κ2) is 4.97. The van der Waals surface area contributed by atoms with Gasteiger partial charge in [-0.05, 0) is 30.7 Å². The number of aromatic amines is 1. The van der Waals surface area contributed by atoms with Gasteiger partial charge < -0.3 is 10.3 Å². The Labute approximate surface area is 121 Å². The summed E-state index contributed by atoms with van der Waals surface area (Å²) in [5, 5.41) is 2.71. The summed E-state index contributed by atoms with van der Waals surface area (Å²) in [6.07, 6.45) is 3.18. The zero-order valence-electron chi connectivity index (χ0n) is 11.3. The first-order valence-corrected chi connectivity index (χ1v) is 7.88. The van der Waals surface area contributed by atoms with Gasteiger partial charge in [0.15, 0.2) is 0 Å². The summed E-state index contributed by atoms with van der Waals surface area (Å²) in [6.45, 7) is 1.83. The topological polar surface area (TPSA) is 104 Å². The van der Waals surface area contributed by atoms with E-state index in [9.17, 15) is 13.2 Å². The van der Waals surface area contributed by atoms with Gasteiger partial charge in [0, 0.05) is 18.1 Å². The van der Waals surface area contributed by atoms with E-state index in [1.54, 1.807) is 25.4 Å². The molecule has 3 rings (SSSR count). The Hall–Kier alpha value is -2.19. The van der Waals surface area contributed by atoms with E-state index in [1.165, 1.54) is 12.1 Å². The third kappa shape index (κ3) is 2.55. The Bertz CT molecular complexity index is 784. The molecule has 1 aliphatic heterocycles. The molecular weight excluding hydrogens is 292 g/mol. The maximum Gasteiger partial charge on any atom is 0.240 e. The van der Waals surface area contributed by atoms with Crippen LogP contribution in [0.25, 0.3) is 0 Å². The van der Waals surface area contributed by atoms with E-state index < -0.39 is 10.0 Å². The minimum Gasteiger partial charge on any atom is -0.347 e. The van der Waals surface area contributed by atoms with Crippen LogP contribution in [-0.4, -0.2) is 24.3 Å². The molecule has 0 saturated carbocycles. The monoisotopic (exact) mass is 306 g/mol. The van der Waals surface area contributed by atoms with E-state index in [0.717, 1.165) is 0 Å². The minimum atomic E-state index is -3.65. The number of nitrogens with one attached hydrogen (secondary N) is 3. The lowest BCUT2D eigenvalue weighted by atomic mass is 10.0. The van der Waals surface area contributed by atoms with Crippen molar-refractivity contribution >= 4 is 21.6 Å². The molecule has 1 unspecified atom stereocenters. The third-order valence-electron chi connectivity index (χ3n) is 3.44. The number of aromatic nitrogens is 2. The fourth-order valence-corrected chi connectivity index (χ4v) is 3.23. The molecule has 0 aliphatic carbocycles. The molecule has 8 heteroatoms. The molecule has 2 heterocycles. The van der Waals surface area contributed by atoms with E-state index in [-0.39, 0.29) is 23.3 Å². The first-order chi connectivity index (χ1) is 9.97. The van der Waals surface area contributed by atoms with E-state index >= 15 is 0 Å². The molecule has 0 spiro atoms. The number of hydrogen-bond acceptors (Lipinski definition) is 4. The van der Waals surface area contributed by atoms with Crippen LogP contribution in [0.3, 0.4) is 0 Å². The van der Waals surface area contributed by atoms with Crippen LogP contribution in [0.15, 0.2) is 35.5 Å². The molecule has 1 aliphatic rings. The smallest absolute Gasteiger partial charge is 0.240 e. The lowest BCUT2D eigenvalue weighted by Gasteiger charge is -2.08. The molecule has 1 atom stereocenters. The molecular formula is C13H14N4O3S. The van der Waals surface area contributed by atoms with Crippen LogP contribution >= 0.6 is 0 Å². The van der Waals surface area contributed by atoms with Gasteiger partial charge in [-0.25, -0.2) is 18.1 Å². The summed E-state index contributed by atoms with van der Waals surface area (Å²) in [6, 6.07) is 4.61. The molecule has 3 N–H and O–H groups in total. The molecule has 110 valence electrons. The van der Waals surface area contributed by atoms with Crippen molar-refractivity contribution in [1.29, 1.82) is 0 Å². The minimum absolute atomic E-state index is 0.0825. The number of hydrogen-bond donors (Lipinski definition) is 3. The highest BCUT2D eigenvalue weighted by molar-refractivity contribution is 7.89. The van der Waals surface area contributed by atoms with E-state index in [1.807, 2.05) is 0 Å². The average molecular weight is 306 g/mol. The number of sulfonamides is 1. The molecule has 0 saturated heterocycles. The number of carbonyl (C=O) groups excluding carboxylic acids is 1. The average Bonchev–Trinajstić information content (AvgIpc) is 3.06. The van der Waals surface area contributed by atoms with Crippen molar-refractivity contribution in [2.75, 3.05) is 5.32 Å². The zero-order valence-corrected chi connectivity index (χ0v) is 12.1. The van der Waals surface area contributed by atoms with Crippen molar-refractivity contribution in [1.82, 2.24) is 14.7 Å². The van der Waals surface area contributed by atoms with Crippen LogP contribution < -0.4 is 10.0 Å². The highest BCUT2D eigenvalue weighted by Crippen LogP contribution is 2.33. The summed E-state index contributed by atoms with van der Waals surface area (Å²) in [5.74, 6) is 0.0632. The Morgan fingerprint density at radius 3 is 2.90 bits per heavy atom. The Balaban J connectivity index is 1.85. The van der Waals surface area contributed by atoms with Crippen LogP contribution in [0, 0.1) is 0 Å². The normalized spacial score (nSPS) is 17.6. The van der Waals surface area contributed by atoms with Gasteiger partial charge in [0.1, 0.15) is 5.82 Å². The number of H-pyrrole nitrogens is 1. The van der Waals surface area contributed by atoms with Crippen LogP contribution in [0.2, 0.25) is 0 Å². The number of fused-ring (bicyclic) bond motifs is 1. The van der Waals surface area contributed by atoms with Gasteiger partial charge in [-0.3, -0.25) is 4.79 Å². The summed E-state index contributed by atoms with van der Waals surface area (Å²) in [4.78, 5) is 18.5. The quantitative estimate of drug-likeness (QED) is 0.782. The molecule has 0 radical (unpaired) electrons. The van der Waals surface area contributed by atoms with Gasteiger partial charge in [0.2, 0.25) is 15.9 Å². The fraction of sp³-hybridized carbons (Fsp3) is 0.231. The van der Waals surface area contributed by atoms with E-state index in [0.29, 0.717) is 17.1 Å². The van der Waals surface area contributed by atoms with Gasteiger partial charge in [0.25, 0.3) is 0 Å². The summed E-state index contributed by atoms with van der Waals surface area (Å²) < 4.78 is 27.0. The third-order valence-corrected chi connectivity index (χ3v) is 4.83. The first kappa shape index (κ1) is 13.8. The number of anilines is 1. The zero-order chi connectivity index (χ0) is 15.0. The van der Waals surface area contributed by atoms with Gasteiger partial charge in [-0.1, -0.05) is 0 Å². The van der Waals surface area contributed by atoms with Gasteiger partial charge in [0.05, 0.1) is 17.4 Å². The molecule has 1 aromatic carbocycles. The molecule has 21 heavy (non-hydrogen) atoms. The fourth-order valence-electron chi connectivity index (χ4n) is 2.20. The van der Waals surface area contributed by atoms with Gasteiger partial charge in [-0.2, -0.15) is 0 Å². The second-order valence-corrected chi connectivity index (χ2v) is 6.59. The second-order valence-electron chi connectivity index (χ2n) is 4.82. The molecule has 0 bridgehead atoms. The number of nitrogens with zero attached hydrogens (tertiary/aromatic N) is 1. The summed E-state index contributed by atoms with van der Waals surface area (Å²) in [7, 11) is -3.65. The Kier molecular flexibility index (Phi) is 3.26. The predicted octanol–water partition coefficient (Wildman–Crippen LogP) is 0.944. The van der Waals surface area contributed by atoms with Crippen molar-refractivity contribution < 1.29 is 13.2 Å².